The van der Waals surface area contributed by atoms with Crippen LogP contribution in [-0.4, -0.2) is 30.5 Å². The Morgan fingerprint density at radius 2 is 2.19 bits per heavy atom. The summed E-state index contributed by atoms with van der Waals surface area (Å²) in [6, 6.07) is -0.323. The molecule has 0 unspecified atom stereocenters. The number of nitrogens with two attached hydrogens (primary N) is 1. The van der Waals surface area contributed by atoms with Gasteiger partial charge in [-0.1, -0.05) is 25.7 Å². The van der Waals surface area contributed by atoms with Gasteiger partial charge >= 0.3 is 0 Å². The van der Waals surface area contributed by atoms with Crippen LogP contribution in [0.5, 0.6) is 0 Å². The quantitative estimate of drug-likeness (QED) is 0.717. The number of nitrogens with one attached hydrogen (secondary N) is 1. The first kappa shape index (κ1) is 13.8. The zero-order valence-corrected chi connectivity index (χ0v) is 11.0. The summed E-state index contributed by atoms with van der Waals surface area (Å²) in [6.07, 6.45) is 9.35. The highest BCUT2D eigenvalue weighted by molar-refractivity contribution is 7.98. The van der Waals surface area contributed by atoms with Crippen molar-refractivity contribution in [2.75, 3.05) is 18.6 Å². The first-order chi connectivity index (χ1) is 7.74. The number of hydrogen-bond acceptors (Lipinski definition) is 3. The zero-order chi connectivity index (χ0) is 11.8. The highest BCUT2D eigenvalue weighted by Gasteiger charge is 2.16. The highest BCUT2D eigenvalue weighted by Crippen LogP contribution is 2.26. The largest absolute Gasteiger partial charge is 0.355 e. The summed E-state index contributed by atoms with van der Waals surface area (Å²) in [7, 11) is 0. The van der Waals surface area contributed by atoms with Crippen LogP contribution < -0.4 is 11.1 Å². The SMILES string of the molecule is CSCC[C@@H](N)C(=O)NCCC1CCCC1. The summed E-state index contributed by atoms with van der Waals surface area (Å²) in [5.41, 5.74) is 5.77. The van der Waals surface area contributed by atoms with Crippen molar-refractivity contribution in [2.24, 2.45) is 11.7 Å². The van der Waals surface area contributed by atoms with E-state index >= 15 is 0 Å². The summed E-state index contributed by atoms with van der Waals surface area (Å²) in [4.78, 5) is 11.6. The molecule has 0 aromatic carbocycles. The van der Waals surface area contributed by atoms with Crippen LogP contribution in [0.3, 0.4) is 0 Å². The fourth-order valence-electron chi connectivity index (χ4n) is 2.21. The zero-order valence-electron chi connectivity index (χ0n) is 10.2. The molecule has 0 spiro atoms. The molecule has 1 amide bonds. The third-order valence-corrected chi connectivity index (χ3v) is 3.94. The number of carbonyl (C=O) groups excluding carboxylic acids is 1. The van der Waals surface area contributed by atoms with Crippen molar-refractivity contribution in [1.82, 2.24) is 5.32 Å². The van der Waals surface area contributed by atoms with Gasteiger partial charge in [-0.2, -0.15) is 11.8 Å². The van der Waals surface area contributed by atoms with E-state index in [1.807, 2.05) is 6.26 Å². The van der Waals surface area contributed by atoms with Crippen LogP contribution in [0.15, 0.2) is 0 Å². The molecule has 0 bridgehead atoms. The maximum absolute atomic E-state index is 11.6. The molecule has 1 aliphatic carbocycles. The first-order valence-corrected chi connectivity index (χ1v) is 7.65. The molecule has 1 fully saturated rings. The third kappa shape index (κ3) is 5.21. The van der Waals surface area contributed by atoms with Crippen LogP contribution in [-0.2, 0) is 4.79 Å². The predicted octanol–water partition coefficient (Wildman–Crippen LogP) is 1.76. The van der Waals surface area contributed by atoms with Gasteiger partial charge in [-0.05, 0) is 30.8 Å². The van der Waals surface area contributed by atoms with Gasteiger partial charge in [-0.3, -0.25) is 4.79 Å². The number of amides is 1. The van der Waals surface area contributed by atoms with Gasteiger partial charge in [0.15, 0.2) is 0 Å². The molecule has 1 atom stereocenters. The molecule has 16 heavy (non-hydrogen) atoms. The van der Waals surface area contributed by atoms with E-state index < -0.39 is 0 Å². The summed E-state index contributed by atoms with van der Waals surface area (Å²) < 4.78 is 0. The third-order valence-electron chi connectivity index (χ3n) is 3.30. The van der Waals surface area contributed by atoms with E-state index in [1.54, 1.807) is 11.8 Å². The highest BCUT2D eigenvalue weighted by atomic mass is 32.2. The Morgan fingerprint density at radius 3 is 2.81 bits per heavy atom. The van der Waals surface area contributed by atoms with Gasteiger partial charge in [-0.15, -0.1) is 0 Å². The van der Waals surface area contributed by atoms with Gasteiger partial charge in [0.2, 0.25) is 5.91 Å². The van der Waals surface area contributed by atoms with Crippen molar-refractivity contribution >= 4 is 17.7 Å². The summed E-state index contributed by atoms with van der Waals surface area (Å²) in [5.74, 6) is 1.81. The van der Waals surface area contributed by atoms with E-state index in [2.05, 4.69) is 5.32 Å². The average molecular weight is 244 g/mol. The number of thioether (sulfide) groups is 1. The van der Waals surface area contributed by atoms with Crippen molar-refractivity contribution in [3.63, 3.8) is 0 Å². The fourth-order valence-corrected chi connectivity index (χ4v) is 2.70. The van der Waals surface area contributed by atoms with E-state index in [-0.39, 0.29) is 11.9 Å². The molecule has 0 saturated heterocycles. The molecule has 1 saturated carbocycles. The second-order valence-electron chi connectivity index (χ2n) is 4.62. The molecular weight excluding hydrogens is 220 g/mol. The second-order valence-corrected chi connectivity index (χ2v) is 5.60. The van der Waals surface area contributed by atoms with Gasteiger partial charge in [0.05, 0.1) is 6.04 Å². The lowest BCUT2D eigenvalue weighted by Crippen LogP contribution is -2.41. The molecule has 0 radical (unpaired) electrons. The van der Waals surface area contributed by atoms with Crippen LogP contribution in [0.4, 0.5) is 0 Å². The summed E-state index contributed by atoms with van der Waals surface area (Å²) in [6.45, 7) is 0.802. The van der Waals surface area contributed by atoms with E-state index in [1.165, 1.54) is 25.7 Å². The van der Waals surface area contributed by atoms with Crippen LogP contribution >= 0.6 is 11.8 Å². The lowest BCUT2D eigenvalue weighted by molar-refractivity contribution is -0.122. The van der Waals surface area contributed by atoms with Crippen molar-refractivity contribution in [1.29, 1.82) is 0 Å². The first-order valence-electron chi connectivity index (χ1n) is 6.26. The van der Waals surface area contributed by atoms with Crippen LogP contribution in [0.25, 0.3) is 0 Å². The van der Waals surface area contributed by atoms with E-state index in [0.29, 0.717) is 0 Å². The molecule has 0 aromatic heterocycles. The van der Waals surface area contributed by atoms with Crippen LogP contribution in [0, 0.1) is 5.92 Å². The van der Waals surface area contributed by atoms with Gasteiger partial charge in [-0.25, -0.2) is 0 Å². The molecule has 3 N–H and O–H groups in total. The van der Waals surface area contributed by atoms with Gasteiger partial charge in [0.1, 0.15) is 0 Å². The Labute approximate surface area is 103 Å². The Morgan fingerprint density at radius 1 is 1.50 bits per heavy atom. The van der Waals surface area contributed by atoms with Crippen molar-refractivity contribution < 1.29 is 4.79 Å². The fraction of sp³-hybridized carbons (Fsp3) is 0.917. The molecule has 0 aromatic rings. The van der Waals surface area contributed by atoms with Crippen molar-refractivity contribution in [3.05, 3.63) is 0 Å². The van der Waals surface area contributed by atoms with Crippen molar-refractivity contribution in [2.45, 2.75) is 44.6 Å². The second kappa shape index (κ2) is 7.96. The normalized spacial score (nSPS) is 18.6. The van der Waals surface area contributed by atoms with Gasteiger partial charge in [0, 0.05) is 6.54 Å². The van der Waals surface area contributed by atoms with Gasteiger partial charge in [0.25, 0.3) is 0 Å². The molecule has 3 nitrogen and oxygen atoms in total. The smallest absolute Gasteiger partial charge is 0.236 e. The number of rotatable bonds is 7. The number of hydrogen-bond donors (Lipinski definition) is 2. The minimum atomic E-state index is -0.323. The van der Waals surface area contributed by atoms with Gasteiger partial charge < -0.3 is 11.1 Å². The predicted molar refractivity (Wildman–Crippen MR) is 70.6 cm³/mol. The summed E-state index contributed by atoms with van der Waals surface area (Å²) in [5, 5.41) is 2.95. The molecule has 94 valence electrons. The maximum atomic E-state index is 11.6. The van der Waals surface area contributed by atoms with E-state index in [9.17, 15) is 4.79 Å². The average Bonchev–Trinajstić information content (AvgIpc) is 2.78. The molecule has 0 heterocycles. The Hall–Kier alpha value is -0.220. The molecule has 4 heteroatoms. The number of carbonyl (C=O) groups is 1. The van der Waals surface area contributed by atoms with E-state index in [4.69, 9.17) is 5.73 Å². The standard InChI is InChI=1S/C12H24N2OS/c1-16-9-7-11(13)12(15)14-8-6-10-4-2-3-5-10/h10-11H,2-9,13H2,1H3,(H,14,15)/t11-/m1/s1. The minimum Gasteiger partial charge on any atom is -0.355 e. The lowest BCUT2D eigenvalue weighted by Gasteiger charge is -2.13. The Bertz CT molecular complexity index is 205. The lowest BCUT2D eigenvalue weighted by atomic mass is 10.0. The van der Waals surface area contributed by atoms with E-state index in [0.717, 1.165) is 31.1 Å². The van der Waals surface area contributed by atoms with Crippen molar-refractivity contribution in [3.8, 4) is 0 Å². The molecule has 0 aliphatic heterocycles. The summed E-state index contributed by atoms with van der Waals surface area (Å²) >= 11 is 1.73. The molecule has 1 rings (SSSR count). The van der Waals surface area contributed by atoms with Crippen LogP contribution in [0.2, 0.25) is 0 Å². The Balaban J connectivity index is 2.04. The maximum Gasteiger partial charge on any atom is 0.236 e. The molecule has 1 aliphatic rings. The Kier molecular flexibility index (Phi) is 6.88. The topological polar surface area (TPSA) is 55.1 Å². The van der Waals surface area contributed by atoms with Crippen LogP contribution in [0.1, 0.15) is 38.5 Å². The molecular formula is C12H24N2OS. The minimum absolute atomic E-state index is 0.0204. The monoisotopic (exact) mass is 244 g/mol.